The van der Waals surface area contributed by atoms with Crippen molar-refractivity contribution in [3.8, 4) is 5.75 Å². The van der Waals surface area contributed by atoms with Gasteiger partial charge in [0.25, 0.3) is 0 Å². The van der Waals surface area contributed by atoms with Crippen LogP contribution in [0.2, 0.25) is 5.02 Å². The van der Waals surface area contributed by atoms with E-state index in [1.54, 1.807) is 0 Å². The minimum atomic E-state index is 0.516. The van der Waals surface area contributed by atoms with E-state index in [9.17, 15) is 0 Å². The van der Waals surface area contributed by atoms with Gasteiger partial charge in [0.15, 0.2) is 0 Å². The zero-order valence-corrected chi connectivity index (χ0v) is 13.3. The van der Waals surface area contributed by atoms with Gasteiger partial charge in [-0.3, -0.25) is 0 Å². The first-order valence-corrected chi connectivity index (χ1v) is 7.72. The average molecular weight is 315 g/mol. The predicted molar refractivity (Wildman–Crippen MR) is 91.5 cm³/mol. The lowest BCUT2D eigenvalue weighted by Gasteiger charge is -2.10. The molecule has 3 nitrogen and oxygen atoms in total. The Hall–Kier alpha value is -1.97. The minimum Gasteiger partial charge on any atom is -0.487 e. The van der Waals surface area contributed by atoms with Crippen LogP contribution >= 0.6 is 11.6 Å². The number of nitrogens with two attached hydrogens (primary N) is 1. The number of halogens is 1. The first-order valence-electron chi connectivity index (χ1n) is 7.34. The van der Waals surface area contributed by atoms with Crippen LogP contribution in [0.3, 0.4) is 0 Å². The fourth-order valence-corrected chi connectivity index (χ4v) is 2.94. The fraction of sp³-hybridized carbons (Fsp3) is 0.222. The molecule has 0 saturated carbocycles. The number of aryl methyl sites for hydroxylation is 1. The molecule has 0 fully saturated rings. The Balaban J connectivity index is 1.93. The maximum Gasteiger partial charge on any atom is 0.128 e. The number of para-hydroxylation sites is 1. The summed E-state index contributed by atoms with van der Waals surface area (Å²) in [6.45, 7) is 1.14. The molecule has 0 amide bonds. The Kier molecular flexibility index (Phi) is 4.36. The number of ether oxygens (including phenoxy) is 1. The molecule has 0 bridgehead atoms. The lowest BCUT2D eigenvalue weighted by molar-refractivity contribution is 0.296. The van der Waals surface area contributed by atoms with Crippen LogP contribution in [-0.4, -0.2) is 11.1 Å². The van der Waals surface area contributed by atoms with Gasteiger partial charge in [-0.25, -0.2) is 0 Å². The van der Waals surface area contributed by atoms with Crippen LogP contribution in [0.25, 0.3) is 10.9 Å². The summed E-state index contributed by atoms with van der Waals surface area (Å²) in [7, 11) is 2.07. The molecule has 1 aromatic heterocycles. The van der Waals surface area contributed by atoms with Crippen LogP contribution in [0.5, 0.6) is 5.75 Å². The maximum absolute atomic E-state index is 5.92. The number of rotatable bonds is 5. The molecule has 2 N–H and O–H groups in total. The van der Waals surface area contributed by atoms with Crippen LogP contribution in [0.1, 0.15) is 11.3 Å². The smallest absolute Gasteiger partial charge is 0.128 e. The summed E-state index contributed by atoms with van der Waals surface area (Å²) < 4.78 is 8.11. The van der Waals surface area contributed by atoms with Gasteiger partial charge in [-0.2, -0.15) is 0 Å². The van der Waals surface area contributed by atoms with Gasteiger partial charge in [-0.1, -0.05) is 29.8 Å². The second-order valence-electron chi connectivity index (χ2n) is 5.28. The van der Waals surface area contributed by atoms with Gasteiger partial charge < -0.3 is 15.0 Å². The lowest BCUT2D eigenvalue weighted by Crippen LogP contribution is -2.08. The Bertz CT molecular complexity index is 778. The van der Waals surface area contributed by atoms with Crippen molar-refractivity contribution in [1.82, 2.24) is 4.57 Å². The third kappa shape index (κ3) is 2.82. The second kappa shape index (κ2) is 6.42. The van der Waals surface area contributed by atoms with Crippen LogP contribution < -0.4 is 10.5 Å². The van der Waals surface area contributed by atoms with Crippen LogP contribution in [0.4, 0.5) is 0 Å². The SMILES string of the molecule is Cn1c(COc2ccc(Cl)cc2)c(CCN)c2ccccc21. The van der Waals surface area contributed by atoms with Gasteiger partial charge in [0, 0.05) is 23.0 Å². The monoisotopic (exact) mass is 314 g/mol. The molecular weight excluding hydrogens is 296 g/mol. The summed E-state index contributed by atoms with van der Waals surface area (Å²) in [5.41, 5.74) is 9.44. The first-order chi connectivity index (χ1) is 10.7. The normalized spacial score (nSPS) is 11.0. The molecule has 2 aromatic carbocycles. The van der Waals surface area contributed by atoms with Crippen molar-refractivity contribution < 1.29 is 4.74 Å². The molecule has 0 spiro atoms. The number of benzene rings is 2. The molecule has 1 heterocycles. The summed E-state index contributed by atoms with van der Waals surface area (Å²) in [6, 6.07) is 15.8. The van der Waals surface area contributed by atoms with E-state index in [4.69, 9.17) is 22.1 Å². The topological polar surface area (TPSA) is 40.2 Å². The molecule has 3 aromatic rings. The Labute approximate surface area is 135 Å². The number of hydrogen-bond acceptors (Lipinski definition) is 2. The van der Waals surface area contributed by atoms with E-state index in [0.717, 1.165) is 12.2 Å². The zero-order chi connectivity index (χ0) is 15.5. The number of hydrogen-bond donors (Lipinski definition) is 1. The highest BCUT2D eigenvalue weighted by molar-refractivity contribution is 6.30. The molecule has 4 heteroatoms. The highest BCUT2D eigenvalue weighted by Gasteiger charge is 2.14. The van der Waals surface area contributed by atoms with E-state index in [0.29, 0.717) is 18.2 Å². The summed E-state index contributed by atoms with van der Waals surface area (Å²) >= 11 is 5.90. The van der Waals surface area contributed by atoms with Crippen molar-refractivity contribution in [2.75, 3.05) is 6.54 Å². The molecule has 114 valence electrons. The molecular formula is C18H19ClN2O. The predicted octanol–water partition coefficient (Wildman–Crippen LogP) is 3.91. The Morgan fingerprint density at radius 3 is 2.55 bits per heavy atom. The number of fused-ring (bicyclic) bond motifs is 1. The highest BCUT2D eigenvalue weighted by atomic mass is 35.5. The van der Waals surface area contributed by atoms with E-state index < -0.39 is 0 Å². The van der Waals surface area contributed by atoms with E-state index in [1.807, 2.05) is 24.3 Å². The number of aromatic nitrogens is 1. The molecule has 3 rings (SSSR count). The maximum atomic E-state index is 5.92. The van der Waals surface area contributed by atoms with E-state index in [-0.39, 0.29) is 0 Å². The first kappa shape index (κ1) is 14.9. The molecule has 22 heavy (non-hydrogen) atoms. The van der Waals surface area contributed by atoms with Gasteiger partial charge in [-0.15, -0.1) is 0 Å². The summed E-state index contributed by atoms with van der Waals surface area (Å²) in [4.78, 5) is 0. The van der Waals surface area contributed by atoms with E-state index >= 15 is 0 Å². The van der Waals surface area contributed by atoms with Gasteiger partial charge in [0.2, 0.25) is 0 Å². The van der Waals surface area contributed by atoms with Crippen molar-refractivity contribution in [3.05, 3.63) is 64.8 Å². The van der Waals surface area contributed by atoms with Crippen LogP contribution in [-0.2, 0) is 20.1 Å². The standard InChI is InChI=1S/C18H19ClN2O/c1-21-17-5-3-2-4-15(17)16(10-11-20)18(21)12-22-14-8-6-13(19)7-9-14/h2-9H,10-12,20H2,1H3. The van der Waals surface area contributed by atoms with Crippen molar-refractivity contribution >= 4 is 22.5 Å². The van der Waals surface area contributed by atoms with E-state index in [1.165, 1.54) is 22.2 Å². The zero-order valence-electron chi connectivity index (χ0n) is 12.6. The Morgan fingerprint density at radius 1 is 1.09 bits per heavy atom. The van der Waals surface area contributed by atoms with Crippen molar-refractivity contribution in [2.45, 2.75) is 13.0 Å². The highest BCUT2D eigenvalue weighted by Crippen LogP contribution is 2.27. The summed E-state index contributed by atoms with van der Waals surface area (Å²) in [5.74, 6) is 0.813. The molecule has 0 aliphatic heterocycles. The average Bonchev–Trinajstić information content (AvgIpc) is 2.80. The number of nitrogens with zero attached hydrogens (tertiary/aromatic N) is 1. The lowest BCUT2D eigenvalue weighted by atomic mass is 10.1. The molecule has 0 saturated heterocycles. The Morgan fingerprint density at radius 2 is 1.82 bits per heavy atom. The molecule has 0 aliphatic rings. The molecule has 0 aliphatic carbocycles. The fourth-order valence-electron chi connectivity index (χ4n) is 2.81. The summed E-state index contributed by atoms with van der Waals surface area (Å²) in [5, 5.41) is 1.96. The van der Waals surface area contributed by atoms with Crippen molar-refractivity contribution in [3.63, 3.8) is 0 Å². The van der Waals surface area contributed by atoms with Crippen molar-refractivity contribution in [2.24, 2.45) is 12.8 Å². The van der Waals surface area contributed by atoms with Gasteiger partial charge >= 0.3 is 0 Å². The molecule has 0 radical (unpaired) electrons. The van der Waals surface area contributed by atoms with E-state index in [2.05, 4.69) is 35.9 Å². The third-order valence-corrected chi connectivity index (χ3v) is 4.18. The molecule has 0 unspecified atom stereocenters. The van der Waals surface area contributed by atoms with Gasteiger partial charge in [0.05, 0.1) is 5.69 Å². The van der Waals surface area contributed by atoms with Crippen LogP contribution in [0.15, 0.2) is 48.5 Å². The largest absolute Gasteiger partial charge is 0.487 e. The summed E-state index contributed by atoms with van der Waals surface area (Å²) in [6.07, 6.45) is 0.848. The third-order valence-electron chi connectivity index (χ3n) is 3.93. The van der Waals surface area contributed by atoms with Gasteiger partial charge in [0.1, 0.15) is 12.4 Å². The van der Waals surface area contributed by atoms with Crippen LogP contribution in [0, 0.1) is 0 Å². The quantitative estimate of drug-likeness (QED) is 0.775. The minimum absolute atomic E-state index is 0.516. The molecule has 0 atom stereocenters. The van der Waals surface area contributed by atoms with Crippen molar-refractivity contribution in [1.29, 1.82) is 0 Å². The second-order valence-corrected chi connectivity index (χ2v) is 5.72. The van der Waals surface area contributed by atoms with Gasteiger partial charge in [-0.05, 0) is 48.9 Å².